The zero-order chi connectivity index (χ0) is 13.0. The minimum absolute atomic E-state index is 0.404. The number of methoxy groups -OCH3 is 1. The number of nitriles is 1. The molecule has 3 nitrogen and oxygen atoms in total. The van der Waals surface area contributed by atoms with Crippen LogP contribution < -0.4 is 5.32 Å². The van der Waals surface area contributed by atoms with Gasteiger partial charge in [-0.05, 0) is 43.9 Å². The number of rotatable bonds is 3. The van der Waals surface area contributed by atoms with Crippen molar-refractivity contribution >= 4 is 21.6 Å². The molecule has 0 aromatic heterocycles. The van der Waals surface area contributed by atoms with Gasteiger partial charge in [-0.15, -0.1) is 0 Å². The molecule has 96 valence electrons. The van der Waals surface area contributed by atoms with Gasteiger partial charge in [0.25, 0.3) is 0 Å². The van der Waals surface area contributed by atoms with E-state index in [0.717, 1.165) is 35.8 Å². The highest BCUT2D eigenvalue weighted by molar-refractivity contribution is 9.10. The largest absolute Gasteiger partial charge is 0.381 e. The summed E-state index contributed by atoms with van der Waals surface area (Å²) in [6.45, 7) is 0. The molecule has 0 aliphatic heterocycles. The van der Waals surface area contributed by atoms with Crippen molar-refractivity contribution in [2.24, 2.45) is 0 Å². The van der Waals surface area contributed by atoms with Gasteiger partial charge in [-0.25, -0.2) is 0 Å². The third kappa shape index (κ3) is 3.24. The molecule has 2 rings (SSSR count). The normalized spacial score (nSPS) is 23.4. The number of anilines is 1. The second-order valence-corrected chi connectivity index (χ2v) is 5.57. The van der Waals surface area contributed by atoms with Crippen LogP contribution in [0.15, 0.2) is 22.7 Å². The Bertz CT molecular complexity index is 448. The van der Waals surface area contributed by atoms with Crippen molar-refractivity contribution in [3.8, 4) is 6.07 Å². The molecule has 4 heteroatoms. The van der Waals surface area contributed by atoms with Crippen molar-refractivity contribution in [3.05, 3.63) is 28.2 Å². The van der Waals surface area contributed by atoms with Crippen LogP contribution in [0.3, 0.4) is 0 Å². The van der Waals surface area contributed by atoms with E-state index in [1.807, 2.05) is 18.2 Å². The number of nitrogens with zero attached hydrogens (tertiary/aromatic N) is 1. The summed E-state index contributed by atoms with van der Waals surface area (Å²) in [6, 6.07) is 8.37. The molecule has 0 heterocycles. The van der Waals surface area contributed by atoms with Gasteiger partial charge < -0.3 is 10.1 Å². The van der Waals surface area contributed by atoms with Crippen molar-refractivity contribution in [2.45, 2.75) is 37.8 Å². The molecule has 0 radical (unpaired) electrons. The van der Waals surface area contributed by atoms with E-state index in [2.05, 4.69) is 27.3 Å². The Kier molecular flexibility index (Phi) is 4.62. The van der Waals surface area contributed by atoms with Crippen molar-refractivity contribution in [3.63, 3.8) is 0 Å². The maximum absolute atomic E-state index is 9.09. The predicted molar refractivity (Wildman–Crippen MR) is 75.5 cm³/mol. The summed E-state index contributed by atoms with van der Waals surface area (Å²) in [6.07, 6.45) is 4.76. The number of hydrogen-bond donors (Lipinski definition) is 1. The molecule has 1 saturated carbocycles. The van der Waals surface area contributed by atoms with Crippen molar-refractivity contribution in [2.75, 3.05) is 12.4 Å². The van der Waals surface area contributed by atoms with E-state index >= 15 is 0 Å². The molecule has 1 aliphatic rings. The lowest BCUT2D eigenvalue weighted by Gasteiger charge is -2.29. The van der Waals surface area contributed by atoms with Gasteiger partial charge in [-0.3, -0.25) is 0 Å². The molecule has 1 aromatic carbocycles. The number of ether oxygens (including phenoxy) is 1. The quantitative estimate of drug-likeness (QED) is 0.926. The van der Waals surface area contributed by atoms with Gasteiger partial charge in [0.15, 0.2) is 0 Å². The molecule has 0 amide bonds. The van der Waals surface area contributed by atoms with Crippen LogP contribution in [0.1, 0.15) is 31.2 Å². The number of hydrogen-bond acceptors (Lipinski definition) is 3. The summed E-state index contributed by atoms with van der Waals surface area (Å²) >= 11 is 3.44. The molecular formula is C14H17BrN2O. The Morgan fingerprint density at radius 2 is 2.06 bits per heavy atom. The molecule has 1 N–H and O–H groups in total. The molecule has 0 spiro atoms. The van der Waals surface area contributed by atoms with Gasteiger partial charge in [-0.2, -0.15) is 5.26 Å². The molecule has 0 atom stereocenters. The predicted octanol–water partition coefficient (Wildman–Crippen LogP) is 3.69. The smallest absolute Gasteiger partial charge is 0.101 e. The van der Waals surface area contributed by atoms with E-state index in [1.165, 1.54) is 0 Å². The first-order chi connectivity index (χ1) is 8.72. The van der Waals surface area contributed by atoms with Gasteiger partial charge in [0, 0.05) is 17.6 Å². The van der Waals surface area contributed by atoms with E-state index < -0.39 is 0 Å². The zero-order valence-electron chi connectivity index (χ0n) is 10.4. The lowest BCUT2D eigenvalue weighted by molar-refractivity contribution is 0.0682. The van der Waals surface area contributed by atoms with Crippen LogP contribution in [-0.2, 0) is 4.74 Å². The Balaban J connectivity index is 2.02. The average Bonchev–Trinajstić information content (AvgIpc) is 2.40. The molecule has 1 aromatic rings. The standard InChI is InChI=1S/C14H17BrN2O/c1-18-13-6-4-12(5-7-13)17-14-8-11(15)3-2-10(14)9-16/h2-3,8,12-13,17H,4-7H2,1H3. The first-order valence-electron chi connectivity index (χ1n) is 6.22. The molecule has 18 heavy (non-hydrogen) atoms. The third-order valence-corrected chi connectivity index (χ3v) is 3.96. The Hall–Kier alpha value is -1.05. The average molecular weight is 309 g/mol. The topological polar surface area (TPSA) is 45.0 Å². The summed E-state index contributed by atoms with van der Waals surface area (Å²) in [7, 11) is 1.78. The number of benzene rings is 1. The first-order valence-corrected chi connectivity index (χ1v) is 7.01. The highest BCUT2D eigenvalue weighted by atomic mass is 79.9. The molecule has 0 bridgehead atoms. The van der Waals surface area contributed by atoms with Gasteiger partial charge in [0.2, 0.25) is 0 Å². The zero-order valence-corrected chi connectivity index (χ0v) is 12.0. The van der Waals surface area contributed by atoms with Crippen LogP contribution in [0.25, 0.3) is 0 Å². The van der Waals surface area contributed by atoms with Crippen molar-refractivity contribution < 1.29 is 4.74 Å². The summed E-state index contributed by atoms with van der Waals surface area (Å²) < 4.78 is 6.36. The van der Waals surface area contributed by atoms with Crippen LogP contribution in [-0.4, -0.2) is 19.3 Å². The lowest BCUT2D eigenvalue weighted by atomic mass is 9.92. The maximum Gasteiger partial charge on any atom is 0.101 e. The molecule has 1 aliphatic carbocycles. The molecular weight excluding hydrogens is 292 g/mol. The van der Waals surface area contributed by atoms with Gasteiger partial charge in [0.1, 0.15) is 6.07 Å². The third-order valence-electron chi connectivity index (χ3n) is 3.47. The molecule has 1 fully saturated rings. The van der Waals surface area contributed by atoms with Crippen LogP contribution in [0.2, 0.25) is 0 Å². The Morgan fingerprint density at radius 3 is 2.67 bits per heavy atom. The minimum atomic E-state index is 0.404. The molecule has 0 saturated heterocycles. The van der Waals surface area contributed by atoms with Gasteiger partial charge in [-0.1, -0.05) is 15.9 Å². The summed E-state index contributed by atoms with van der Waals surface area (Å²) in [4.78, 5) is 0. The summed E-state index contributed by atoms with van der Waals surface area (Å²) in [5.41, 5.74) is 1.62. The first kappa shape index (κ1) is 13.4. The minimum Gasteiger partial charge on any atom is -0.381 e. The van der Waals surface area contributed by atoms with Crippen LogP contribution in [0.4, 0.5) is 5.69 Å². The van der Waals surface area contributed by atoms with Crippen molar-refractivity contribution in [1.82, 2.24) is 0 Å². The Morgan fingerprint density at radius 1 is 1.33 bits per heavy atom. The maximum atomic E-state index is 9.09. The second kappa shape index (κ2) is 6.21. The Labute approximate surface area is 116 Å². The number of halogens is 1. The SMILES string of the molecule is COC1CCC(Nc2cc(Br)ccc2C#N)CC1. The monoisotopic (exact) mass is 308 g/mol. The van der Waals surface area contributed by atoms with Gasteiger partial charge >= 0.3 is 0 Å². The number of nitrogens with one attached hydrogen (secondary N) is 1. The lowest BCUT2D eigenvalue weighted by Crippen LogP contribution is -2.29. The fraction of sp³-hybridized carbons (Fsp3) is 0.500. The highest BCUT2D eigenvalue weighted by Crippen LogP contribution is 2.27. The van der Waals surface area contributed by atoms with Gasteiger partial charge in [0.05, 0.1) is 17.4 Å². The summed E-state index contributed by atoms with van der Waals surface area (Å²) in [5.74, 6) is 0. The highest BCUT2D eigenvalue weighted by Gasteiger charge is 2.21. The summed E-state index contributed by atoms with van der Waals surface area (Å²) in [5, 5.41) is 12.6. The van der Waals surface area contributed by atoms with Crippen molar-refractivity contribution in [1.29, 1.82) is 5.26 Å². The molecule has 0 unspecified atom stereocenters. The van der Waals surface area contributed by atoms with E-state index in [-0.39, 0.29) is 0 Å². The van der Waals surface area contributed by atoms with Crippen LogP contribution in [0, 0.1) is 11.3 Å². The van der Waals surface area contributed by atoms with E-state index in [0.29, 0.717) is 17.7 Å². The fourth-order valence-corrected chi connectivity index (χ4v) is 2.76. The van der Waals surface area contributed by atoms with E-state index in [4.69, 9.17) is 10.00 Å². The fourth-order valence-electron chi connectivity index (χ4n) is 2.40. The van der Waals surface area contributed by atoms with E-state index in [9.17, 15) is 0 Å². The van der Waals surface area contributed by atoms with Crippen LogP contribution >= 0.6 is 15.9 Å². The van der Waals surface area contributed by atoms with E-state index in [1.54, 1.807) is 7.11 Å². The second-order valence-electron chi connectivity index (χ2n) is 4.66. The van der Waals surface area contributed by atoms with Crippen LogP contribution in [0.5, 0.6) is 0 Å².